The number of rotatable bonds is 1. The summed E-state index contributed by atoms with van der Waals surface area (Å²) < 4.78 is 3.35. The van der Waals surface area contributed by atoms with Crippen LogP contribution < -0.4 is 9.73 Å². The maximum absolute atomic E-state index is 10.8. The first-order valence-electron chi connectivity index (χ1n) is 5.49. The SMILES string of the molecule is O=[N+]([O-])c1ccc2c(c1)c[n+]1[n-]c3nccnc3n21. The van der Waals surface area contributed by atoms with Gasteiger partial charge in [0.05, 0.1) is 15.8 Å². The van der Waals surface area contributed by atoms with Crippen LogP contribution in [-0.4, -0.2) is 19.4 Å². The van der Waals surface area contributed by atoms with Crippen LogP contribution >= 0.6 is 0 Å². The van der Waals surface area contributed by atoms with Gasteiger partial charge < -0.3 is 4.98 Å². The fourth-order valence-electron chi connectivity index (χ4n) is 2.17. The van der Waals surface area contributed by atoms with Gasteiger partial charge in [-0.15, -0.1) is 5.10 Å². The van der Waals surface area contributed by atoms with E-state index in [1.54, 1.807) is 33.8 Å². The highest BCUT2D eigenvalue weighted by atomic mass is 16.6. The molecule has 0 N–H and O–H groups in total. The second-order valence-corrected chi connectivity index (χ2v) is 4.07. The highest BCUT2D eigenvalue weighted by Crippen LogP contribution is 2.20. The van der Waals surface area contributed by atoms with Gasteiger partial charge in [-0.1, -0.05) is 4.63 Å². The van der Waals surface area contributed by atoms with Gasteiger partial charge in [-0.05, 0) is 12.3 Å². The quantitative estimate of drug-likeness (QED) is 0.280. The first-order valence-corrected chi connectivity index (χ1v) is 5.49. The van der Waals surface area contributed by atoms with Crippen molar-refractivity contribution in [3.8, 4) is 0 Å². The molecule has 0 bridgehead atoms. The normalized spacial score (nSPS) is 11.6. The molecule has 0 spiro atoms. The van der Waals surface area contributed by atoms with E-state index in [0.29, 0.717) is 11.3 Å². The van der Waals surface area contributed by atoms with Gasteiger partial charge >= 0.3 is 0 Å². The van der Waals surface area contributed by atoms with Gasteiger partial charge in [0, 0.05) is 18.3 Å². The van der Waals surface area contributed by atoms with E-state index in [1.165, 1.54) is 12.1 Å². The Hall–Kier alpha value is -3.03. The summed E-state index contributed by atoms with van der Waals surface area (Å²) in [6, 6.07) is 4.66. The monoisotopic (exact) mass is 254 g/mol. The van der Waals surface area contributed by atoms with E-state index in [2.05, 4.69) is 15.1 Å². The van der Waals surface area contributed by atoms with Gasteiger partial charge in [0.1, 0.15) is 5.65 Å². The molecule has 0 aliphatic rings. The largest absolute Gasteiger partial charge is 0.361 e. The molecule has 3 aromatic heterocycles. The highest BCUT2D eigenvalue weighted by Gasteiger charge is 2.15. The van der Waals surface area contributed by atoms with Crippen LogP contribution in [0, 0.1) is 10.1 Å². The lowest BCUT2D eigenvalue weighted by atomic mass is 10.2. The molecule has 19 heavy (non-hydrogen) atoms. The van der Waals surface area contributed by atoms with Crippen molar-refractivity contribution in [3.63, 3.8) is 0 Å². The standard InChI is InChI=1S/C11H6N6O2/c18-17(19)8-1-2-9-7(5-8)6-15-14-10-11(16(9)15)13-4-3-12-10/h1-6H. The summed E-state index contributed by atoms with van der Waals surface area (Å²) in [6.07, 6.45) is 4.87. The number of nitro benzene ring substituents is 1. The smallest absolute Gasteiger partial charge is 0.270 e. The molecule has 1 aromatic carbocycles. The zero-order valence-electron chi connectivity index (χ0n) is 9.46. The van der Waals surface area contributed by atoms with E-state index < -0.39 is 4.92 Å². The summed E-state index contributed by atoms with van der Waals surface area (Å²) >= 11 is 0. The first-order chi connectivity index (χ1) is 9.24. The van der Waals surface area contributed by atoms with E-state index in [1.807, 2.05) is 0 Å². The number of non-ortho nitro benzene ring substituents is 1. The van der Waals surface area contributed by atoms with Crippen molar-refractivity contribution in [2.75, 3.05) is 0 Å². The molecule has 0 radical (unpaired) electrons. The average molecular weight is 254 g/mol. The molecule has 0 aliphatic heterocycles. The van der Waals surface area contributed by atoms with Gasteiger partial charge in [0.15, 0.2) is 5.65 Å². The Balaban J connectivity index is 2.17. The molecule has 0 fully saturated rings. The van der Waals surface area contributed by atoms with Gasteiger partial charge in [-0.25, -0.2) is 4.98 Å². The summed E-state index contributed by atoms with van der Waals surface area (Å²) in [5.41, 5.74) is 2.00. The summed E-state index contributed by atoms with van der Waals surface area (Å²) in [5, 5.41) is 15.8. The lowest BCUT2D eigenvalue weighted by Crippen LogP contribution is -2.28. The number of nitrogens with zero attached hydrogens (tertiary/aromatic N) is 6. The van der Waals surface area contributed by atoms with Gasteiger partial charge in [-0.3, -0.25) is 10.1 Å². The summed E-state index contributed by atoms with van der Waals surface area (Å²) in [5.74, 6) is 0. The van der Waals surface area contributed by atoms with Crippen molar-refractivity contribution >= 4 is 27.9 Å². The minimum Gasteiger partial charge on any atom is -0.361 e. The molecule has 0 saturated carbocycles. The van der Waals surface area contributed by atoms with E-state index in [-0.39, 0.29) is 5.69 Å². The van der Waals surface area contributed by atoms with Crippen LogP contribution in [-0.2, 0) is 0 Å². The topological polar surface area (TPSA) is 91.5 Å². The fourth-order valence-corrected chi connectivity index (χ4v) is 2.17. The Bertz CT molecular complexity index is 954. The van der Waals surface area contributed by atoms with E-state index in [9.17, 15) is 10.1 Å². The van der Waals surface area contributed by atoms with Gasteiger partial charge in [-0.2, -0.15) is 4.52 Å². The second-order valence-electron chi connectivity index (χ2n) is 4.07. The number of aromatic nitrogens is 5. The number of fused-ring (bicyclic) bond motifs is 5. The third-order valence-electron chi connectivity index (χ3n) is 2.97. The molecule has 92 valence electrons. The van der Waals surface area contributed by atoms with Crippen LogP contribution in [0.4, 0.5) is 5.69 Å². The van der Waals surface area contributed by atoms with Crippen molar-refractivity contribution in [3.05, 3.63) is 46.9 Å². The maximum atomic E-state index is 10.8. The molecule has 4 rings (SSSR count). The van der Waals surface area contributed by atoms with Gasteiger partial charge in [0.25, 0.3) is 5.69 Å². The number of hydrogen-bond acceptors (Lipinski definition) is 4. The maximum Gasteiger partial charge on any atom is 0.270 e. The lowest BCUT2D eigenvalue weighted by Gasteiger charge is -1.93. The summed E-state index contributed by atoms with van der Waals surface area (Å²) in [6.45, 7) is 0. The molecule has 0 amide bonds. The van der Waals surface area contributed by atoms with Crippen LogP contribution in [0.15, 0.2) is 36.8 Å². The molecular formula is C11H6N6O2. The predicted octanol–water partition coefficient (Wildman–Crippen LogP) is 0.487. The van der Waals surface area contributed by atoms with Crippen molar-refractivity contribution in [1.29, 1.82) is 0 Å². The second kappa shape index (κ2) is 3.25. The minimum absolute atomic E-state index is 0.0525. The molecule has 8 heteroatoms. The Kier molecular flexibility index (Phi) is 1.70. The Morgan fingerprint density at radius 3 is 3.00 bits per heavy atom. The van der Waals surface area contributed by atoms with Crippen molar-refractivity contribution < 1.29 is 9.55 Å². The molecule has 8 nitrogen and oxygen atoms in total. The average Bonchev–Trinajstić information content (AvgIpc) is 2.92. The third kappa shape index (κ3) is 1.25. The highest BCUT2D eigenvalue weighted by molar-refractivity contribution is 5.82. The van der Waals surface area contributed by atoms with Crippen molar-refractivity contribution in [1.82, 2.24) is 19.6 Å². The van der Waals surface area contributed by atoms with E-state index in [0.717, 1.165) is 10.9 Å². The summed E-state index contributed by atoms with van der Waals surface area (Å²) in [4.78, 5) is 18.7. The molecule has 3 heterocycles. The van der Waals surface area contributed by atoms with Crippen LogP contribution in [0.25, 0.3) is 22.2 Å². The van der Waals surface area contributed by atoms with Gasteiger partial charge in [0.2, 0.25) is 6.20 Å². The van der Waals surface area contributed by atoms with Crippen molar-refractivity contribution in [2.45, 2.75) is 0 Å². The Labute approximate surface area is 105 Å². The zero-order chi connectivity index (χ0) is 13.0. The third-order valence-corrected chi connectivity index (χ3v) is 2.97. The van der Waals surface area contributed by atoms with Crippen molar-refractivity contribution in [2.24, 2.45) is 0 Å². The Morgan fingerprint density at radius 2 is 2.16 bits per heavy atom. The lowest BCUT2D eigenvalue weighted by molar-refractivity contribution is -0.671. The molecule has 0 atom stereocenters. The predicted molar refractivity (Wildman–Crippen MR) is 63.6 cm³/mol. The molecule has 0 aliphatic carbocycles. The number of benzene rings is 1. The number of nitro groups is 1. The molecule has 4 aromatic rings. The van der Waals surface area contributed by atoms with Crippen LogP contribution in [0.3, 0.4) is 0 Å². The Morgan fingerprint density at radius 1 is 1.32 bits per heavy atom. The molecule has 0 unspecified atom stereocenters. The first kappa shape index (κ1) is 9.95. The number of hydrogen-bond donors (Lipinski definition) is 0. The molecular weight excluding hydrogens is 248 g/mol. The minimum atomic E-state index is -0.419. The summed E-state index contributed by atoms with van der Waals surface area (Å²) in [7, 11) is 0. The van der Waals surface area contributed by atoms with E-state index in [4.69, 9.17) is 0 Å². The van der Waals surface area contributed by atoms with Crippen LogP contribution in [0.5, 0.6) is 0 Å². The van der Waals surface area contributed by atoms with Crippen LogP contribution in [0.1, 0.15) is 0 Å². The fraction of sp³-hybridized carbons (Fsp3) is 0. The van der Waals surface area contributed by atoms with E-state index >= 15 is 0 Å². The zero-order valence-corrected chi connectivity index (χ0v) is 9.46. The van der Waals surface area contributed by atoms with Crippen LogP contribution in [0.2, 0.25) is 0 Å². The molecule has 0 saturated heterocycles.